The maximum atomic E-state index is 12.5. The first kappa shape index (κ1) is 6.72. The molecule has 1 aliphatic carbocycles. The second-order valence-electron chi connectivity index (χ2n) is 2.44. The Morgan fingerprint density at radius 2 is 1.67 bits per heavy atom. The third-order valence-electron chi connectivity index (χ3n) is 1.72. The standard InChI is InChI=1S/C7H10F2/c1-5-6(8)3-2-4-7(5)9/h6-7H,1-4H2. The Morgan fingerprint density at radius 3 is 2.00 bits per heavy atom. The summed E-state index contributed by atoms with van der Waals surface area (Å²) in [5.74, 6) is 0. The second kappa shape index (κ2) is 2.46. The van der Waals surface area contributed by atoms with Crippen molar-refractivity contribution in [2.45, 2.75) is 31.6 Å². The molecule has 1 rings (SSSR count). The van der Waals surface area contributed by atoms with Crippen LogP contribution in [0.25, 0.3) is 0 Å². The van der Waals surface area contributed by atoms with Crippen LogP contribution >= 0.6 is 0 Å². The summed E-state index contributed by atoms with van der Waals surface area (Å²) in [7, 11) is 0. The summed E-state index contributed by atoms with van der Waals surface area (Å²) < 4.78 is 25.0. The van der Waals surface area contributed by atoms with Gasteiger partial charge in [-0.25, -0.2) is 8.78 Å². The molecule has 9 heavy (non-hydrogen) atoms. The van der Waals surface area contributed by atoms with Crippen LogP contribution in [0.1, 0.15) is 19.3 Å². The molecule has 0 aliphatic heterocycles. The van der Waals surface area contributed by atoms with Crippen molar-refractivity contribution >= 4 is 0 Å². The molecule has 0 spiro atoms. The summed E-state index contributed by atoms with van der Waals surface area (Å²) in [4.78, 5) is 0. The van der Waals surface area contributed by atoms with Gasteiger partial charge in [0.25, 0.3) is 0 Å². The molecule has 0 heterocycles. The predicted octanol–water partition coefficient (Wildman–Crippen LogP) is 2.40. The zero-order chi connectivity index (χ0) is 6.85. The molecule has 0 saturated heterocycles. The first-order valence-electron chi connectivity index (χ1n) is 3.18. The molecule has 2 heteroatoms. The van der Waals surface area contributed by atoms with Crippen molar-refractivity contribution in [3.05, 3.63) is 12.2 Å². The lowest BCUT2D eigenvalue weighted by Gasteiger charge is -2.20. The first-order valence-corrected chi connectivity index (χ1v) is 3.18. The molecular formula is C7H10F2. The lowest BCUT2D eigenvalue weighted by atomic mass is 9.93. The van der Waals surface area contributed by atoms with Crippen molar-refractivity contribution in [3.63, 3.8) is 0 Å². The summed E-state index contributed by atoms with van der Waals surface area (Å²) in [6.45, 7) is 3.33. The van der Waals surface area contributed by atoms with Crippen LogP contribution < -0.4 is 0 Å². The van der Waals surface area contributed by atoms with Crippen molar-refractivity contribution in [2.24, 2.45) is 0 Å². The Morgan fingerprint density at radius 1 is 1.22 bits per heavy atom. The van der Waals surface area contributed by atoms with Gasteiger partial charge < -0.3 is 0 Å². The van der Waals surface area contributed by atoms with Gasteiger partial charge in [0.2, 0.25) is 0 Å². The van der Waals surface area contributed by atoms with Gasteiger partial charge in [0, 0.05) is 0 Å². The highest BCUT2D eigenvalue weighted by Gasteiger charge is 2.24. The molecule has 0 aromatic heterocycles. The van der Waals surface area contributed by atoms with Gasteiger partial charge in [0.15, 0.2) is 0 Å². The summed E-state index contributed by atoms with van der Waals surface area (Å²) >= 11 is 0. The van der Waals surface area contributed by atoms with E-state index in [1.165, 1.54) is 0 Å². The van der Waals surface area contributed by atoms with Crippen LogP contribution in [0, 0.1) is 0 Å². The highest BCUT2D eigenvalue weighted by molar-refractivity contribution is 5.10. The van der Waals surface area contributed by atoms with E-state index in [0.717, 1.165) is 0 Å². The fourth-order valence-corrected chi connectivity index (χ4v) is 1.04. The van der Waals surface area contributed by atoms with Gasteiger partial charge in [0.05, 0.1) is 0 Å². The van der Waals surface area contributed by atoms with Crippen molar-refractivity contribution in [3.8, 4) is 0 Å². The smallest absolute Gasteiger partial charge is 0.124 e. The third-order valence-corrected chi connectivity index (χ3v) is 1.72. The summed E-state index contributed by atoms with van der Waals surface area (Å²) in [6, 6.07) is 0. The van der Waals surface area contributed by atoms with E-state index in [0.29, 0.717) is 19.3 Å². The van der Waals surface area contributed by atoms with Crippen LogP contribution in [0.4, 0.5) is 8.78 Å². The molecule has 0 nitrogen and oxygen atoms in total. The van der Waals surface area contributed by atoms with Gasteiger partial charge in [-0.2, -0.15) is 0 Å². The third kappa shape index (κ3) is 1.29. The van der Waals surface area contributed by atoms with Crippen molar-refractivity contribution in [1.82, 2.24) is 0 Å². The Labute approximate surface area is 53.6 Å². The maximum Gasteiger partial charge on any atom is 0.124 e. The van der Waals surface area contributed by atoms with E-state index in [1.807, 2.05) is 0 Å². The van der Waals surface area contributed by atoms with E-state index in [2.05, 4.69) is 6.58 Å². The number of halogens is 2. The van der Waals surface area contributed by atoms with E-state index in [9.17, 15) is 8.78 Å². The molecule has 0 radical (unpaired) electrons. The number of alkyl halides is 2. The van der Waals surface area contributed by atoms with Gasteiger partial charge in [-0.15, -0.1) is 0 Å². The molecular weight excluding hydrogens is 122 g/mol. The van der Waals surface area contributed by atoms with Crippen LogP contribution in [-0.2, 0) is 0 Å². The van der Waals surface area contributed by atoms with Crippen LogP contribution in [-0.4, -0.2) is 12.3 Å². The van der Waals surface area contributed by atoms with E-state index < -0.39 is 12.3 Å². The highest BCUT2D eigenvalue weighted by Crippen LogP contribution is 2.27. The summed E-state index contributed by atoms with van der Waals surface area (Å²) in [5.41, 5.74) is 0.140. The Kier molecular flexibility index (Phi) is 1.84. The maximum absolute atomic E-state index is 12.5. The SMILES string of the molecule is C=C1C(F)CCCC1F. The molecule has 1 saturated carbocycles. The van der Waals surface area contributed by atoms with Crippen molar-refractivity contribution < 1.29 is 8.78 Å². The van der Waals surface area contributed by atoms with E-state index >= 15 is 0 Å². The summed E-state index contributed by atoms with van der Waals surface area (Å²) in [5, 5.41) is 0. The Bertz CT molecular complexity index is 108. The quantitative estimate of drug-likeness (QED) is 0.444. The Hall–Kier alpha value is -0.400. The highest BCUT2D eigenvalue weighted by atomic mass is 19.1. The average Bonchev–Trinajstić information content (AvgIpc) is 1.83. The molecule has 2 atom stereocenters. The molecule has 52 valence electrons. The fourth-order valence-electron chi connectivity index (χ4n) is 1.04. The molecule has 0 aromatic carbocycles. The van der Waals surface area contributed by atoms with E-state index in [4.69, 9.17) is 0 Å². The average molecular weight is 132 g/mol. The van der Waals surface area contributed by atoms with Gasteiger partial charge in [-0.1, -0.05) is 6.58 Å². The minimum absolute atomic E-state index is 0.140. The van der Waals surface area contributed by atoms with Crippen LogP contribution in [0.15, 0.2) is 12.2 Å². The number of hydrogen-bond acceptors (Lipinski definition) is 0. The Balaban J connectivity index is 2.52. The van der Waals surface area contributed by atoms with E-state index in [-0.39, 0.29) is 5.57 Å². The molecule has 1 aliphatic rings. The normalized spacial score (nSPS) is 36.9. The largest absolute Gasteiger partial charge is 0.243 e. The number of allylic oxidation sites excluding steroid dienone is 1. The van der Waals surface area contributed by atoms with Gasteiger partial charge in [-0.05, 0) is 24.8 Å². The fraction of sp³-hybridized carbons (Fsp3) is 0.714. The van der Waals surface area contributed by atoms with Crippen molar-refractivity contribution in [1.29, 1.82) is 0 Å². The lowest BCUT2D eigenvalue weighted by molar-refractivity contribution is 0.233. The number of rotatable bonds is 0. The van der Waals surface area contributed by atoms with Crippen LogP contribution in [0.2, 0.25) is 0 Å². The second-order valence-corrected chi connectivity index (χ2v) is 2.44. The molecule has 1 fully saturated rings. The van der Waals surface area contributed by atoms with Gasteiger partial charge in [-0.3, -0.25) is 0 Å². The molecule has 0 N–H and O–H groups in total. The van der Waals surface area contributed by atoms with Crippen LogP contribution in [0.3, 0.4) is 0 Å². The molecule has 2 unspecified atom stereocenters. The van der Waals surface area contributed by atoms with Gasteiger partial charge in [0.1, 0.15) is 12.3 Å². The van der Waals surface area contributed by atoms with Crippen molar-refractivity contribution in [2.75, 3.05) is 0 Å². The monoisotopic (exact) mass is 132 g/mol. The van der Waals surface area contributed by atoms with E-state index in [1.54, 1.807) is 0 Å². The zero-order valence-electron chi connectivity index (χ0n) is 5.24. The predicted molar refractivity (Wildman–Crippen MR) is 32.8 cm³/mol. The topological polar surface area (TPSA) is 0 Å². The lowest BCUT2D eigenvalue weighted by Crippen LogP contribution is -2.19. The molecule has 0 aromatic rings. The first-order chi connectivity index (χ1) is 4.22. The molecule has 0 amide bonds. The summed E-state index contributed by atoms with van der Waals surface area (Å²) in [6.07, 6.45) is -0.609. The number of hydrogen-bond donors (Lipinski definition) is 0. The van der Waals surface area contributed by atoms with Crippen LogP contribution in [0.5, 0.6) is 0 Å². The van der Waals surface area contributed by atoms with Gasteiger partial charge >= 0.3 is 0 Å². The minimum Gasteiger partial charge on any atom is -0.243 e. The molecule has 0 bridgehead atoms. The minimum atomic E-state index is -1.09. The zero-order valence-corrected chi connectivity index (χ0v) is 5.24.